The van der Waals surface area contributed by atoms with Gasteiger partial charge in [-0.1, -0.05) is 121 Å². The SMILES string of the molecule is c1ccc(-c2nc(-c3cccc(-c4ccccc4)c3)nc(-c3cccc(-n4c5ccccc5c5ccc6c7ccccc7sc6c54)c3)n2)cc#1. The zero-order valence-electron chi connectivity index (χ0n) is 26.7. The van der Waals surface area contributed by atoms with Crippen LogP contribution in [0.2, 0.25) is 0 Å². The summed E-state index contributed by atoms with van der Waals surface area (Å²) in [6.07, 6.45) is 0. The van der Waals surface area contributed by atoms with Crippen LogP contribution in [0.1, 0.15) is 0 Å². The standard InChI is InChI=1S/C45H26N4S/c1-3-13-29(14-4-1)31-17-11-18-32(27-31)44-46-43(30-15-5-2-6-16-30)47-45(48-44)33-19-12-20-34(28-33)49-39-23-9-7-21-35(39)37-25-26-38-36-22-8-10-24-40(36)50-42(38)41(37)49/h1,3-5,7-28H. The van der Waals surface area contributed by atoms with Crippen LogP contribution in [0.4, 0.5) is 0 Å². The Bertz CT molecular complexity index is 2870. The van der Waals surface area contributed by atoms with Gasteiger partial charge in [-0.05, 0) is 59.7 Å². The average molecular weight is 655 g/mol. The first-order valence-corrected chi connectivity index (χ1v) is 17.3. The molecule has 0 aliphatic rings. The Morgan fingerprint density at radius 1 is 0.460 bits per heavy atom. The second kappa shape index (κ2) is 11.5. The number of para-hydroxylation sites is 1. The van der Waals surface area contributed by atoms with E-state index in [9.17, 15) is 0 Å². The maximum absolute atomic E-state index is 5.11. The Labute approximate surface area is 292 Å². The molecule has 232 valence electrons. The lowest BCUT2D eigenvalue weighted by Gasteiger charge is -2.12. The molecule has 0 aliphatic heterocycles. The van der Waals surface area contributed by atoms with Gasteiger partial charge in [-0.15, -0.1) is 11.3 Å². The van der Waals surface area contributed by atoms with Gasteiger partial charge in [-0.3, -0.25) is 0 Å². The van der Waals surface area contributed by atoms with E-state index >= 15 is 0 Å². The zero-order valence-corrected chi connectivity index (χ0v) is 27.5. The van der Waals surface area contributed by atoms with E-state index in [0.717, 1.165) is 39.0 Å². The van der Waals surface area contributed by atoms with Gasteiger partial charge in [0.1, 0.15) is 0 Å². The Morgan fingerprint density at radius 2 is 1.12 bits per heavy atom. The molecule has 0 spiro atoms. The molecule has 7 aromatic carbocycles. The van der Waals surface area contributed by atoms with Crippen LogP contribution in [0.15, 0.2) is 158 Å². The van der Waals surface area contributed by atoms with Crippen molar-refractivity contribution in [2.24, 2.45) is 0 Å². The second-order valence-corrected chi connectivity index (χ2v) is 13.4. The van der Waals surface area contributed by atoms with Crippen LogP contribution >= 0.6 is 11.3 Å². The van der Waals surface area contributed by atoms with Gasteiger partial charge in [0.2, 0.25) is 0 Å². The molecular formula is C45H26N4S. The minimum atomic E-state index is 0.592. The van der Waals surface area contributed by atoms with Gasteiger partial charge in [-0.25, -0.2) is 15.0 Å². The van der Waals surface area contributed by atoms with Crippen molar-refractivity contribution in [3.63, 3.8) is 0 Å². The average Bonchev–Trinajstić information content (AvgIpc) is 3.75. The Hall–Kier alpha value is -6.61. The fraction of sp³-hybridized carbons (Fsp3) is 0. The summed E-state index contributed by atoms with van der Waals surface area (Å²) >= 11 is 1.86. The molecule has 0 saturated heterocycles. The smallest absolute Gasteiger partial charge is 0.164 e. The molecule has 3 aromatic heterocycles. The summed E-state index contributed by atoms with van der Waals surface area (Å²) in [5, 5.41) is 5.04. The third-order valence-corrected chi connectivity index (χ3v) is 10.5. The molecule has 10 rings (SSSR count). The molecule has 0 N–H and O–H groups in total. The van der Waals surface area contributed by atoms with Crippen LogP contribution in [0.3, 0.4) is 0 Å². The van der Waals surface area contributed by atoms with E-state index in [0.29, 0.717) is 17.5 Å². The minimum Gasteiger partial charge on any atom is -0.308 e. The molecule has 0 amide bonds. The molecule has 0 radical (unpaired) electrons. The van der Waals surface area contributed by atoms with E-state index in [-0.39, 0.29) is 0 Å². The second-order valence-electron chi connectivity index (χ2n) is 12.3. The Balaban J connectivity index is 1.19. The van der Waals surface area contributed by atoms with Crippen molar-refractivity contribution < 1.29 is 0 Å². The number of rotatable bonds is 5. The number of benzene rings is 6. The van der Waals surface area contributed by atoms with Gasteiger partial charge in [0.05, 0.1) is 15.7 Å². The number of aromatic nitrogens is 4. The fourth-order valence-corrected chi connectivity index (χ4v) is 8.24. The topological polar surface area (TPSA) is 43.6 Å². The first-order valence-electron chi connectivity index (χ1n) is 16.5. The maximum atomic E-state index is 5.11. The molecule has 10 aromatic rings. The maximum Gasteiger partial charge on any atom is 0.164 e. The summed E-state index contributed by atoms with van der Waals surface area (Å²) in [4.78, 5) is 15.1. The van der Waals surface area contributed by atoms with E-state index in [2.05, 4.69) is 150 Å². The van der Waals surface area contributed by atoms with E-state index in [1.807, 2.05) is 35.6 Å². The van der Waals surface area contributed by atoms with E-state index in [1.165, 1.54) is 36.5 Å². The molecule has 0 bridgehead atoms. The summed E-state index contributed by atoms with van der Waals surface area (Å²) in [5.41, 5.74) is 8.37. The fourth-order valence-electron chi connectivity index (χ4n) is 7.00. The Kier molecular flexibility index (Phi) is 6.55. The van der Waals surface area contributed by atoms with Gasteiger partial charge < -0.3 is 4.57 Å². The number of hydrogen-bond acceptors (Lipinski definition) is 4. The highest BCUT2D eigenvalue weighted by molar-refractivity contribution is 7.26. The highest BCUT2D eigenvalue weighted by Crippen LogP contribution is 2.43. The molecule has 0 unspecified atom stereocenters. The van der Waals surface area contributed by atoms with Crippen LogP contribution in [0.25, 0.3) is 93.0 Å². The quantitative estimate of drug-likeness (QED) is 0.185. The van der Waals surface area contributed by atoms with Crippen molar-refractivity contribution in [1.29, 1.82) is 0 Å². The van der Waals surface area contributed by atoms with E-state index in [4.69, 9.17) is 15.0 Å². The van der Waals surface area contributed by atoms with E-state index < -0.39 is 0 Å². The normalized spacial score (nSPS) is 11.4. The van der Waals surface area contributed by atoms with Gasteiger partial charge in [-0.2, -0.15) is 0 Å². The first kappa shape index (κ1) is 28.4. The van der Waals surface area contributed by atoms with E-state index in [1.54, 1.807) is 0 Å². The lowest BCUT2D eigenvalue weighted by atomic mass is 10.0. The van der Waals surface area contributed by atoms with Gasteiger partial charge in [0.25, 0.3) is 0 Å². The molecule has 50 heavy (non-hydrogen) atoms. The molecule has 0 atom stereocenters. The number of fused-ring (bicyclic) bond motifs is 7. The number of nitrogens with zero attached hydrogens (tertiary/aromatic N) is 4. The van der Waals surface area contributed by atoms with Crippen molar-refractivity contribution in [2.45, 2.75) is 0 Å². The molecule has 0 aliphatic carbocycles. The highest BCUT2D eigenvalue weighted by Gasteiger charge is 2.19. The predicted octanol–water partition coefficient (Wildman–Crippen LogP) is 11.6. The van der Waals surface area contributed by atoms with Crippen molar-refractivity contribution in [2.75, 3.05) is 0 Å². The van der Waals surface area contributed by atoms with Crippen LogP contribution in [0, 0.1) is 12.1 Å². The van der Waals surface area contributed by atoms with Gasteiger partial charge >= 0.3 is 0 Å². The first-order chi connectivity index (χ1) is 24.8. The summed E-state index contributed by atoms with van der Waals surface area (Å²) in [5.74, 6) is 1.82. The molecule has 5 heteroatoms. The molecule has 4 nitrogen and oxygen atoms in total. The van der Waals surface area contributed by atoms with Crippen molar-refractivity contribution in [3.05, 3.63) is 170 Å². The highest BCUT2D eigenvalue weighted by atomic mass is 32.1. The molecule has 0 saturated carbocycles. The van der Waals surface area contributed by atoms with Gasteiger partial charge in [0, 0.05) is 48.6 Å². The summed E-state index contributed by atoms with van der Waals surface area (Å²) in [6.45, 7) is 0. The monoisotopic (exact) mass is 654 g/mol. The predicted molar refractivity (Wildman–Crippen MR) is 206 cm³/mol. The molecular weight excluding hydrogens is 629 g/mol. The largest absolute Gasteiger partial charge is 0.308 e. The van der Waals surface area contributed by atoms with Crippen LogP contribution < -0.4 is 0 Å². The van der Waals surface area contributed by atoms with Crippen molar-refractivity contribution in [1.82, 2.24) is 19.5 Å². The summed E-state index contributed by atoms with van der Waals surface area (Å²) in [7, 11) is 0. The summed E-state index contributed by atoms with van der Waals surface area (Å²) < 4.78 is 4.98. The molecule has 0 fully saturated rings. The third-order valence-electron chi connectivity index (χ3n) is 9.32. The lowest BCUT2D eigenvalue weighted by molar-refractivity contribution is 1.07. The zero-order chi connectivity index (χ0) is 33.0. The third kappa shape index (κ3) is 4.66. The Morgan fingerprint density at radius 3 is 1.94 bits per heavy atom. The van der Waals surface area contributed by atoms with Crippen molar-refractivity contribution >= 4 is 53.3 Å². The van der Waals surface area contributed by atoms with Crippen LogP contribution in [-0.2, 0) is 0 Å². The van der Waals surface area contributed by atoms with Crippen LogP contribution in [0.5, 0.6) is 0 Å². The minimum absolute atomic E-state index is 0.592. The van der Waals surface area contributed by atoms with Gasteiger partial charge in [0.15, 0.2) is 17.5 Å². The van der Waals surface area contributed by atoms with Crippen LogP contribution in [-0.4, -0.2) is 19.5 Å². The molecule has 3 heterocycles. The lowest BCUT2D eigenvalue weighted by Crippen LogP contribution is -2.01. The summed E-state index contributed by atoms with van der Waals surface area (Å²) in [6, 6.07) is 61.0. The number of hydrogen-bond donors (Lipinski definition) is 0. The van der Waals surface area contributed by atoms with Crippen molar-refractivity contribution in [3.8, 4) is 51.0 Å². The number of thiophene rings is 1.